The number of benzene rings is 4. The summed E-state index contributed by atoms with van der Waals surface area (Å²) in [6.45, 7) is 4.17. The molecular formula is C27H22Br4O6S. The van der Waals surface area contributed by atoms with E-state index in [1.165, 1.54) is 48.5 Å². The summed E-state index contributed by atoms with van der Waals surface area (Å²) < 4.78 is 26.7. The molecule has 0 unspecified atom stereocenters. The summed E-state index contributed by atoms with van der Waals surface area (Å²) in [7, 11) is -3.59. The van der Waals surface area contributed by atoms with Crippen LogP contribution in [0.25, 0.3) is 0 Å². The van der Waals surface area contributed by atoms with Crippen LogP contribution < -0.4 is 0 Å². The van der Waals surface area contributed by atoms with Crippen LogP contribution in [-0.4, -0.2) is 28.8 Å². The quantitative estimate of drug-likeness (QED) is 0.165. The molecule has 0 spiro atoms. The minimum Gasteiger partial charge on any atom is -0.508 e. The summed E-state index contributed by atoms with van der Waals surface area (Å²) in [6, 6.07) is 18.2. The highest BCUT2D eigenvalue weighted by Crippen LogP contribution is 2.43. The van der Waals surface area contributed by atoms with E-state index in [9.17, 15) is 18.6 Å². The van der Waals surface area contributed by atoms with Crippen LogP contribution in [0.4, 0.5) is 0 Å². The van der Waals surface area contributed by atoms with Crippen molar-refractivity contribution in [3.8, 4) is 23.0 Å². The number of hydrogen-bond donors (Lipinski definition) is 4. The molecule has 11 heteroatoms. The van der Waals surface area contributed by atoms with Crippen LogP contribution in [0.5, 0.6) is 23.0 Å². The van der Waals surface area contributed by atoms with Gasteiger partial charge in [-0.25, -0.2) is 8.42 Å². The molecule has 38 heavy (non-hydrogen) atoms. The topological polar surface area (TPSA) is 115 Å². The van der Waals surface area contributed by atoms with E-state index in [1.807, 2.05) is 24.3 Å². The first kappa shape index (κ1) is 30.5. The number of aromatic hydroxyl groups is 4. The predicted molar refractivity (Wildman–Crippen MR) is 161 cm³/mol. The lowest BCUT2D eigenvalue weighted by molar-refractivity contribution is 0.466. The number of rotatable bonds is 4. The van der Waals surface area contributed by atoms with Gasteiger partial charge in [-0.05, 0) is 148 Å². The summed E-state index contributed by atoms with van der Waals surface area (Å²) >= 11 is 13.5. The van der Waals surface area contributed by atoms with Gasteiger partial charge in [-0.3, -0.25) is 0 Å². The van der Waals surface area contributed by atoms with Crippen molar-refractivity contribution in [3.05, 3.63) is 102 Å². The molecule has 0 aliphatic carbocycles. The summed E-state index contributed by atoms with van der Waals surface area (Å²) in [5, 5.41) is 37.9. The Morgan fingerprint density at radius 3 is 1.08 bits per heavy atom. The highest BCUT2D eigenvalue weighted by Gasteiger charge is 2.26. The molecule has 0 aliphatic heterocycles. The second-order valence-electron chi connectivity index (χ2n) is 8.69. The summed E-state index contributed by atoms with van der Waals surface area (Å²) in [6.07, 6.45) is 0. The summed E-state index contributed by atoms with van der Waals surface area (Å²) in [4.78, 5) is 0.196. The standard InChI is InChI=1S/C15H12Br4O2.C12H10O4S/c1-15(2,7-3-9(16)13(20)10(17)4-7)8-5-11(18)14(21)12(19)6-8;13-9-1-5-11(6-2-9)17(15,16)12-7-3-10(14)4-8-12/h3-6,20-21H,1-2H3;1-8,13-14H. The van der Waals surface area contributed by atoms with Crippen molar-refractivity contribution < 1.29 is 28.8 Å². The van der Waals surface area contributed by atoms with E-state index in [4.69, 9.17) is 10.2 Å². The lowest BCUT2D eigenvalue weighted by Gasteiger charge is -2.27. The molecule has 0 heterocycles. The van der Waals surface area contributed by atoms with Crippen molar-refractivity contribution in [1.29, 1.82) is 0 Å². The van der Waals surface area contributed by atoms with Crippen LogP contribution >= 0.6 is 63.7 Å². The van der Waals surface area contributed by atoms with E-state index in [1.54, 1.807) is 0 Å². The van der Waals surface area contributed by atoms with Gasteiger partial charge >= 0.3 is 0 Å². The Kier molecular flexibility index (Phi) is 9.63. The average Bonchev–Trinajstić information content (AvgIpc) is 2.86. The van der Waals surface area contributed by atoms with Crippen LogP contribution in [0.2, 0.25) is 0 Å². The van der Waals surface area contributed by atoms with Gasteiger partial charge in [0.05, 0.1) is 27.7 Å². The van der Waals surface area contributed by atoms with Crippen molar-refractivity contribution >= 4 is 73.6 Å². The maximum atomic E-state index is 12.1. The van der Waals surface area contributed by atoms with Gasteiger partial charge in [0.2, 0.25) is 9.84 Å². The zero-order chi connectivity index (χ0) is 28.4. The zero-order valence-electron chi connectivity index (χ0n) is 20.0. The third-order valence-electron chi connectivity index (χ3n) is 5.77. The molecule has 0 radical (unpaired) electrons. The lowest BCUT2D eigenvalue weighted by Crippen LogP contribution is -2.19. The third kappa shape index (κ3) is 6.74. The molecule has 4 aromatic carbocycles. The van der Waals surface area contributed by atoms with Crippen molar-refractivity contribution in [1.82, 2.24) is 0 Å². The van der Waals surface area contributed by atoms with Gasteiger partial charge in [0.25, 0.3) is 0 Å². The van der Waals surface area contributed by atoms with Crippen LogP contribution in [0.15, 0.2) is 100 Å². The smallest absolute Gasteiger partial charge is 0.206 e. The fourth-order valence-corrected chi connectivity index (χ4v) is 7.04. The Morgan fingerprint density at radius 1 is 0.553 bits per heavy atom. The van der Waals surface area contributed by atoms with Crippen LogP contribution in [-0.2, 0) is 15.3 Å². The number of sulfone groups is 1. The molecule has 200 valence electrons. The number of hydrogen-bond acceptors (Lipinski definition) is 6. The minimum atomic E-state index is -3.59. The molecule has 0 saturated heterocycles. The summed E-state index contributed by atoms with van der Waals surface area (Å²) in [5.41, 5.74) is 1.75. The molecule has 0 aliphatic rings. The van der Waals surface area contributed by atoms with Gasteiger partial charge in [-0.1, -0.05) is 13.8 Å². The number of phenols is 4. The Morgan fingerprint density at radius 2 is 0.816 bits per heavy atom. The average molecular weight is 794 g/mol. The SMILES string of the molecule is CC(C)(c1cc(Br)c(O)c(Br)c1)c1cc(Br)c(O)c(Br)c1.O=S(=O)(c1ccc(O)cc1)c1ccc(O)cc1. The maximum Gasteiger partial charge on any atom is 0.206 e. The molecule has 0 bridgehead atoms. The van der Waals surface area contributed by atoms with E-state index >= 15 is 0 Å². The van der Waals surface area contributed by atoms with E-state index < -0.39 is 9.84 Å². The van der Waals surface area contributed by atoms with Gasteiger partial charge in [0.1, 0.15) is 23.0 Å². The molecule has 4 rings (SSSR count). The second kappa shape index (κ2) is 12.0. The zero-order valence-corrected chi connectivity index (χ0v) is 27.1. The first-order valence-corrected chi connectivity index (χ1v) is 15.5. The normalized spacial score (nSPS) is 11.5. The molecule has 6 nitrogen and oxygen atoms in total. The van der Waals surface area contributed by atoms with Crippen molar-refractivity contribution in [2.75, 3.05) is 0 Å². The van der Waals surface area contributed by atoms with E-state index in [2.05, 4.69) is 77.6 Å². The first-order chi connectivity index (χ1) is 17.6. The fourth-order valence-electron chi connectivity index (χ4n) is 3.41. The fraction of sp³-hybridized carbons (Fsp3) is 0.111. The first-order valence-electron chi connectivity index (χ1n) is 10.8. The van der Waals surface area contributed by atoms with Crippen molar-refractivity contribution in [3.63, 3.8) is 0 Å². The number of halogens is 4. The monoisotopic (exact) mass is 790 g/mol. The molecule has 4 N–H and O–H groups in total. The van der Waals surface area contributed by atoms with E-state index in [-0.39, 0.29) is 38.2 Å². The highest BCUT2D eigenvalue weighted by atomic mass is 79.9. The molecular weight excluding hydrogens is 772 g/mol. The molecule has 0 fully saturated rings. The largest absolute Gasteiger partial charge is 0.508 e. The van der Waals surface area contributed by atoms with Crippen LogP contribution in [0.1, 0.15) is 25.0 Å². The minimum absolute atomic E-state index is 0.00894. The predicted octanol–water partition coefficient (Wildman–Crippen LogP) is 8.40. The van der Waals surface area contributed by atoms with Crippen LogP contribution in [0.3, 0.4) is 0 Å². The van der Waals surface area contributed by atoms with Gasteiger partial charge in [0.15, 0.2) is 0 Å². The molecule has 0 saturated carbocycles. The van der Waals surface area contributed by atoms with Crippen LogP contribution in [0, 0.1) is 0 Å². The number of phenolic OH excluding ortho intramolecular Hbond substituents is 4. The highest BCUT2D eigenvalue weighted by molar-refractivity contribution is 9.11. The molecule has 0 aromatic heterocycles. The van der Waals surface area contributed by atoms with Gasteiger partial charge in [-0.2, -0.15) is 0 Å². The van der Waals surface area contributed by atoms with Crippen molar-refractivity contribution in [2.24, 2.45) is 0 Å². The van der Waals surface area contributed by atoms with E-state index in [0.29, 0.717) is 17.9 Å². The lowest BCUT2D eigenvalue weighted by atomic mass is 9.78. The molecule has 0 amide bonds. The Bertz CT molecular complexity index is 1410. The van der Waals surface area contributed by atoms with E-state index in [0.717, 1.165) is 11.1 Å². The summed E-state index contributed by atoms with van der Waals surface area (Å²) in [5.74, 6) is 0.384. The Hall–Kier alpha value is -2.05. The Balaban J connectivity index is 0.000000215. The van der Waals surface area contributed by atoms with Gasteiger partial charge in [0, 0.05) is 5.41 Å². The van der Waals surface area contributed by atoms with Gasteiger partial charge in [-0.15, -0.1) is 0 Å². The van der Waals surface area contributed by atoms with Gasteiger partial charge < -0.3 is 20.4 Å². The molecule has 4 aromatic rings. The second-order valence-corrected chi connectivity index (χ2v) is 14.1. The Labute approximate surface area is 254 Å². The third-order valence-corrected chi connectivity index (χ3v) is 9.97. The maximum absolute atomic E-state index is 12.1. The van der Waals surface area contributed by atoms with Crippen molar-refractivity contribution in [2.45, 2.75) is 29.1 Å². The molecule has 0 atom stereocenters.